The zero-order valence-electron chi connectivity index (χ0n) is 20.4. The molecule has 0 bridgehead atoms. The van der Waals surface area contributed by atoms with Crippen molar-refractivity contribution >= 4 is 22.7 Å². The van der Waals surface area contributed by atoms with E-state index in [1.54, 1.807) is 0 Å². The molecule has 1 aromatic heterocycles. The Hall–Kier alpha value is -2.38. The number of para-hydroxylation sites is 1. The van der Waals surface area contributed by atoms with Gasteiger partial charge in [0.15, 0.2) is 0 Å². The van der Waals surface area contributed by atoms with Gasteiger partial charge in [-0.15, -0.1) is 0 Å². The fourth-order valence-corrected chi connectivity index (χ4v) is 5.90. The van der Waals surface area contributed by atoms with Crippen molar-refractivity contribution in [2.45, 2.75) is 70.0 Å². The Kier molecular flexibility index (Phi) is 6.93. The first-order valence-corrected chi connectivity index (χ1v) is 13.1. The van der Waals surface area contributed by atoms with Crippen LogP contribution in [0.3, 0.4) is 0 Å². The van der Waals surface area contributed by atoms with Crippen LogP contribution in [-0.2, 0) is 16.1 Å². The predicted octanol–water partition coefficient (Wildman–Crippen LogP) is 3.42. The normalized spacial score (nSPS) is 24.7. The summed E-state index contributed by atoms with van der Waals surface area (Å²) >= 11 is 0. The monoisotopic (exact) mass is 466 g/mol. The number of nitrogens with one attached hydrogen (secondary N) is 1. The van der Waals surface area contributed by atoms with Crippen LogP contribution in [0.2, 0.25) is 0 Å². The molecule has 0 radical (unpaired) electrons. The van der Waals surface area contributed by atoms with E-state index in [1.807, 2.05) is 42.2 Å². The topological polar surface area (TPSA) is 66.8 Å². The van der Waals surface area contributed by atoms with Crippen molar-refractivity contribution in [1.82, 2.24) is 19.7 Å². The molecule has 1 aliphatic carbocycles. The SMILES string of the molecule is C[C@]1(C(=O)NC2CCCCCC2)Cn2c(cc3ccccc32)C(=O)N1CCCN1CCOCC1. The van der Waals surface area contributed by atoms with Gasteiger partial charge in [-0.25, -0.2) is 0 Å². The summed E-state index contributed by atoms with van der Waals surface area (Å²) in [5.41, 5.74) is 0.794. The molecule has 0 spiro atoms. The Balaban J connectivity index is 1.40. The lowest BCUT2D eigenvalue weighted by molar-refractivity contribution is -0.133. The highest BCUT2D eigenvalue weighted by atomic mass is 16.5. The molecule has 1 saturated carbocycles. The molecule has 0 unspecified atom stereocenters. The fraction of sp³-hybridized carbons (Fsp3) is 0.630. The summed E-state index contributed by atoms with van der Waals surface area (Å²) < 4.78 is 7.52. The van der Waals surface area contributed by atoms with Crippen molar-refractivity contribution in [3.8, 4) is 0 Å². The van der Waals surface area contributed by atoms with Crippen molar-refractivity contribution in [3.05, 3.63) is 36.0 Å². The lowest BCUT2D eigenvalue weighted by Crippen LogP contribution is -2.65. The first-order valence-electron chi connectivity index (χ1n) is 13.1. The molecule has 2 fully saturated rings. The highest BCUT2D eigenvalue weighted by Crippen LogP contribution is 2.33. The number of benzene rings is 1. The number of ether oxygens (including phenoxy) is 1. The largest absolute Gasteiger partial charge is 0.379 e. The molecule has 1 N–H and O–H groups in total. The van der Waals surface area contributed by atoms with E-state index in [-0.39, 0.29) is 17.9 Å². The third kappa shape index (κ3) is 4.60. The minimum atomic E-state index is -0.914. The van der Waals surface area contributed by atoms with Gasteiger partial charge < -0.3 is 19.5 Å². The molecule has 2 aromatic rings. The number of amides is 2. The lowest BCUT2D eigenvalue weighted by Gasteiger charge is -2.45. The van der Waals surface area contributed by atoms with E-state index in [2.05, 4.69) is 14.8 Å². The van der Waals surface area contributed by atoms with Crippen LogP contribution in [0.4, 0.5) is 0 Å². The van der Waals surface area contributed by atoms with Gasteiger partial charge in [0.1, 0.15) is 11.2 Å². The average molecular weight is 467 g/mol. The molecule has 1 aromatic carbocycles. The molecule has 3 heterocycles. The van der Waals surface area contributed by atoms with Crippen molar-refractivity contribution < 1.29 is 14.3 Å². The Labute approximate surface area is 202 Å². The highest BCUT2D eigenvalue weighted by molar-refractivity contribution is 6.03. The molecule has 5 rings (SSSR count). The molecule has 2 amide bonds. The van der Waals surface area contributed by atoms with Gasteiger partial charge in [0.25, 0.3) is 5.91 Å². The minimum absolute atomic E-state index is 0.0115. The number of nitrogens with zero attached hydrogens (tertiary/aromatic N) is 3. The number of hydrogen-bond donors (Lipinski definition) is 1. The van der Waals surface area contributed by atoms with Crippen LogP contribution in [-0.4, -0.2) is 77.2 Å². The number of fused-ring (bicyclic) bond motifs is 3. The van der Waals surface area contributed by atoms with Crippen molar-refractivity contribution in [2.24, 2.45) is 0 Å². The number of rotatable bonds is 6. The maximum Gasteiger partial charge on any atom is 0.271 e. The molecule has 1 saturated heterocycles. The second kappa shape index (κ2) is 10.1. The van der Waals surface area contributed by atoms with Gasteiger partial charge in [0.2, 0.25) is 5.91 Å². The van der Waals surface area contributed by atoms with Gasteiger partial charge in [-0.05, 0) is 38.3 Å². The zero-order chi connectivity index (χ0) is 23.5. The third-order valence-corrected chi connectivity index (χ3v) is 7.98. The van der Waals surface area contributed by atoms with Crippen LogP contribution in [0.1, 0.15) is 62.4 Å². The van der Waals surface area contributed by atoms with Gasteiger partial charge >= 0.3 is 0 Å². The van der Waals surface area contributed by atoms with E-state index >= 15 is 0 Å². The van der Waals surface area contributed by atoms with Crippen molar-refractivity contribution in [3.63, 3.8) is 0 Å². The van der Waals surface area contributed by atoms with E-state index in [1.165, 1.54) is 12.8 Å². The molecule has 7 nitrogen and oxygen atoms in total. The lowest BCUT2D eigenvalue weighted by atomic mass is 9.93. The van der Waals surface area contributed by atoms with E-state index < -0.39 is 5.54 Å². The number of aromatic nitrogens is 1. The highest BCUT2D eigenvalue weighted by Gasteiger charge is 2.47. The number of carbonyl (C=O) groups excluding carboxylic acids is 2. The fourth-order valence-electron chi connectivity index (χ4n) is 5.90. The van der Waals surface area contributed by atoms with Crippen LogP contribution in [0.25, 0.3) is 10.9 Å². The number of carbonyl (C=O) groups is 2. The van der Waals surface area contributed by atoms with Crippen LogP contribution in [0.5, 0.6) is 0 Å². The summed E-state index contributed by atoms with van der Waals surface area (Å²) in [7, 11) is 0. The molecular weight excluding hydrogens is 428 g/mol. The second-order valence-electron chi connectivity index (χ2n) is 10.4. The molecule has 7 heteroatoms. The van der Waals surface area contributed by atoms with Gasteiger partial charge in [0, 0.05) is 43.1 Å². The molecule has 34 heavy (non-hydrogen) atoms. The average Bonchev–Trinajstić information content (AvgIpc) is 3.02. The van der Waals surface area contributed by atoms with Gasteiger partial charge in [-0.2, -0.15) is 0 Å². The number of morpholine rings is 1. The summed E-state index contributed by atoms with van der Waals surface area (Å²) in [5, 5.41) is 4.41. The number of hydrogen-bond acceptors (Lipinski definition) is 4. The maximum atomic E-state index is 13.8. The quantitative estimate of drug-likeness (QED) is 0.663. The zero-order valence-corrected chi connectivity index (χ0v) is 20.4. The van der Waals surface area contributed by atoms with Crippen LogP contribution >= 0.6 is 0 Å². The van der Waals surface area contributed by atoms with Crippen LogP contribution in [0, 0.1) is 0 Å². The van der Waals surface area contributed by atoms with E-state index in [4.69, 9.17) is 4.74 Å². The first-order chi connectivity index (χ1) is 16.6. The summed E-state index contributed by atoms with van der Waals surface area (Å²) in [6.45, 7) is 7.33. The van der Waals surface area contributed by atoms with Crippen molar-refractivity contribution in [1.29, 1.82) is 0 Å². The molecule has 184 valence electrons. The van der Waals surface area contributed by atoms with Crippen molar-refractivity contribution in [2.75, 3.05) is 39.4 Å². The second-order valence-corrected chi connectivity index (χ2v) is 10.4. The summed E-state index contributed by atoms with van der Waals surface area (Å²) in [6, 6.07) is 10.3. The van der Waals surface area contributed by atoms with E-state index in [0.29, 0.717) is 18.8 Å². The summed E-state index contributed by atoms with van der Waals surface area (Å²) in [6.07, 6.45) is 7.72. The Morgan fingerprint density at radius 2 is 1.82 bits per heavy atom. The van der Waals surface area contributed by atoms with Gasteiger partial charge in [-0.1, -0.05) is 43.9 Å². The Bertz CT molecular complexity index is 1020. The molecule has 2 aliphatic heterocycles. The molecule has 3 aliphatic rings. The van der Waals surface area contributed by atoms with E-state index in [0.717, 1.165) is 75.9 Å². The molecule has 1 atom stereocenters. The predicted molar refractivity (Wildman–Crippen MR) is 133 cm³/mol. The van der Waals surface area contributed by atoms with Gasteiger partial charge in [0.05, 0.1) is 19.8 Å². The summed E-state index contributed by atoms with van der Waals surface area (Å²) in [5.74, 6) is -0.0505. The van der Waals surface area contributed by atoms with Gasteiger partial charge in [-0.3, -0.25) is 14.5 Å². The van der Waals surface area contributed by atoms with E-state index in [9.17, 15) is 9.59 Å². The standard InChI is InChI=1S/C27H38N4O3/c1-27(26(33)28-22-10-4-2-3-5-11-22)20-30-23-12-7-6-9-21(23)19-24(30)25(32)31(27)14-8-13-29-15-17-34-18-16-29/h6-7,9,12,19,22H,2-5,8,10-11,13-18,20H2,1H3,(H,28,33)/t27-/m1/s1. The van der Waals surface area contributed by atoms with Crippen LogP contribution in [0.15, 0.2) is 30.3 Å². The Morgan fingerprint density at radius 1 is 1.09 bits per heavy atom. The smallest absolute Gasteiger partial charge is 0.271 e. The van der Waals surface area contributed by atoms with Crippen LogP contribution < -0.4 is 5.32 Å². The third-order valence-electron chi connectivity index (χ3n) is 7.98. The minimum Gasteiger partial charge on any atom is -0.379 e. The Morgan fingerprint density at radius 3 is 2.59 bits per heavy atom. The summed E-state index contributed by atoms with van der Waals surface area (Å²) in [4.78, 5) is 31.9. The maximum absolute atomic E-state index is 13.8. The first kappa shape index (κ1) is 23.4. The molecular formula is C27H38N4O3.